The van der Waals surface area contributed by atoms with E-state index in [4.69, 9.17) is 0 Å². The van der Waals surface area contributed by atoms with E-state index in [0.717, 1.165) is 18.4 Å². The SMILES string of the molecule is COc1cc(F)c(C(O)C(C)(C)S(C)(=O)=O)c(F)c1. The van der Waals surface area contributed by atoms with Crippen molar-refractivity contribution in [1.82, 2.24) is 0 Å². The highest BCUT2D eigenvalue weighted by Crippen LogP contribution is 2.36. The number of benzene rings is 1. The molecule has 7 heteroatoms. The molecule has 0 aliphatic rings. The predicted molar refractivity (Wildman–Crippen MR) is 66.8 cm³/mol. The van der Waals surface area contributed by atoms with Crippen molar-refractivity contribution in [3.05, 3.63) is 29.3 Å². The van der Waals surface area contributed by atoms with Crippen LogP contribution in [0, 0.1) is 11.6 Å². The van der Waals surface area contributed by atoms with Gasteiger partial charge in [-0.1, -0.05) is 0 Å². The Kier molecular flexibility index (Phi) is 4.21. The predicted octanol–water partition coefficient (Wildman–Crippen LogP) is 1.83. The second-order valence-electron chi connectivity index (χ2n) is 4.78. The lowest BCUT2D eigenvalue weighted by Gasteiger charge is -2.29. The average Bonchev–Trinajstić information content (AvgIpc) is 2.25. The van der Waals surface area contributed by atoms with Gasteiger partial charge in [0.15, 0.2) is 9.84 Å². The number of aliphatic hydroxyl groups is 1. The van der Waals surface area contributed by atoms with Crippen LogP contribution in [0.3, 0.4) is 0 Å². The average molecular weight is 294 g/mol. The fourth-order valence-electron chi connectivity index (χ4n) is 1.49. The molecule has 0 radical (unpaired) electrons. The second kappa shape index (κ2) is 5.05. The zero-order valence-corrected chi connectivity index (χ0v) is 11.9. The molecule has 0 spiro atoms. The van der Waals surface area contributed by atoms with Crippen molar-refractivity contribution in [2.45, 2.75) is 24.7 Å². The summed E-state index contributed by atoms with van der Waals surface area (Å²) in [5, 5.41) is 10.0. The molecule has 1 N–H and O–H groups in total. The van der Waals surface area contributed by atoms with Crippen molar-refractivity contribution in [1.29, 1.82) is 0 Å². The van der Waals surface area contributed by atoms with Crippen molar-refractivity contribution in [3.63, 3.8) is 0 Å². The number of hydrogen-bond acceptors (Lipinski definition) is 4. The van der Waals surface area contributed by atoms with Gasteiger partial charge in [0, 0.05) is 18.4 Å². The molecule has 4 nitrogen and oxygen atoms in total. The van der Waals surface area contributed by atoms with Crippen LogP contribution < -0.4 is 4.74 Å². The lowest BCUT2D eigenvalue weighted by atomic mass is 9.97. The van der Waals surface area contributed by atoms with E-state index in [-0.39, 0.29) is 5.75 Å². The van der Waals surface area contributed by atoms with Crippen LogP contribution in [0.4, 0.5) is 8.78 Å². The molecule has 0 aliphatic heterocycles. The summed E-state index contributed by atoms with van der Waals surface area (Å²) in [6.45, 7) is 2.41. The van der Waals surface area contributed by atoms with Gasteiger partial charge in [-0.05, 0) is 13.8 Å². The van der Waals surface area contributed by atoms with E-state index in [1.807, 2.05) is 0 Å². The van der Waals surface area contributed by atoms with Gasteiger partial charge in [0.2, 0.25) is 0 Å². The summed E-state index contributed by atoms with van der Waals surface area (Å²) in [7, 11) is -2.47. The van der Waals surface area contributed by atoms with Gasteiger partial charge in [-0.2, -0.15) is 0 Å². The van der Waals surface area contributed by atoms with Crippen molar-refractivity contribution < 1.29 is 27.0 Å². The molecule has 0 bridgehead atoms. The van der Waals surface area contributed by atoms with E-state index in [0.29, 0.717) is 0 Å². The quantitative estimate of drug-likeness (QED) is 0.920. The Morgan fingerprint density at radius 3 is 2.00 bits per heavy atom. The van der Waals surface area contributed by atoms with Gasteiger partial charge in [0.05, 0.1) is 17.4 Å². The van der Waals surface area contributed by atoms with Gasteiger partial charge in [-0.25, -0.2) is 17.2 Å². The zero-order chi connectivity index (χ0) is 15.0. The molecule has 0 aliphatic carbocycles. The lowest BCUT2D eigenvalue weighted by Crippen LogP contribution is -2.38. The van der Waals surface area contributed by atoms with Crippen LogP contribution in [0.25, 0.3) is 0 Å². The Balaban J connectivity index is 3.40. The van der Waals surface area contributed by atoms with Gasteiger partial charge in [-0.3, -0.25) is 0 Å². The van der Waals surface area contributed by atoms with E-state index < -0.39 is 37.9 Å². The molecule has 0 heterocycles. The summed E-state index contributed by atoms with van der Waals surface area (Å²) in [6.07, 6.45) is -0.927. The molecule has 0 saturated carbocycles. The molecule has 1 atom stereocenters. The molecule has 0 fully saturated rings. The highest BCUT2D eigenvalue weighted by molar-refractivity contribution is 7.92. The molecule has 1 rings (SSSR count). The monoisotopic (exact) mass is 294 g/mol. The van der Waals surface area contributed by atoms with Crippen molar-refractivity contribution >= 4 is 9.84 Å². The molecule has 1 aromatic carbocycles. The van der Waals surface area contributed by atoms with Crippen molar-refractivity contribution in [3.8, 4) is 5.75 Å². The minimum absolute atomic E-state index is 0.0527. The molecule has 1 unspecified atom stereocenters. The standard InChI is InChI=1S/C12H16F2O4S/c1-12(2,19(4,16)17)11(15)10-8(13)5-7(18-3)6-9(10)14/h5-6,11,15H,1-4H3. The van der Waals surface area contributed by atoms with E-state index in [1.54, 1.807) is 0 Å². The summed E-state index contributed by atoms with van der Waals surface area (Å²) in [5.41, 5.74) is -0.684. The first-order valence-electron chi connectivity index (χ1n) is 5.43. The maximum absolute atomic E-state index is 13.8. The van der Waals surface area contributed by atoms with Crippen LogP contribution in [-0.4, -0.2) is 31.6 Å². The Morgan fingerprint density at radius 2 is 1.68 bits per heavy atom. The number of hydrogen-bond donors (Lipinski definition) is 1. The first-order chi connectivity index (χ1) is 8.52. The maximum atomic E-state index is 13.8. The van der Waals surface area contributed by atoms with E-state index in [1.165, 1.54) is 21.0 Å². The van der Waals surface area contributed by atoms with Crippen molar-refractivity contribution in [2.24, 2.45) is 0 Å². The Hall–Kier alpha value is -1.21. The van der Waals surface area contributed by atoms with Crippen LogP contribution >= 0.6 is 0 Å². The van der Waals surface area contributed by atoms with Crippen LogP contribution in [0.1, 0.15) is 25.5 Å². The zero-order valence-electron chi connectivity index (χ0n) is 11.1. The highest BCUT2D eigenvalue weighted by atomic mass is 32.2. The van der Waals surface area contributed by atoms with Gasteiger partial charge in [0.1, 0.15) is 23.5 Å². The third-order valence-corrected chi connectivity index (χ3v) is 5.31. The fourth-order valence-corrected chi connectivity index (χ4v) is 2.01. The largest absolute Gasteiger partial charge is 0.497 e. The Labute approximate surface area is 110 Å². The highest BCUT2D eigenvalue weighted by Gasteiger charge is 2.41. The van der Waals surface area contributed by atoms with Crippen LogP contribution in [-0.2, 0) is 9.84 Å². The van der Waals surface area contributed by atoms with Gasteiger partial charge in [-0.15, -0.1) is 0 Å². The van der Waals surface area contributed by atoms with E-state index >= 15 is 0 Å². The van der Waals surface area contributed by atoms with Crippen molar-refractivity contribution in [2.75, 3.05) is 13.4 Å². The Morgan fingerprint density at radius 1 is 1.26 bits per heavy atom. The fraction of sp³-hybridized carbons (Fsp3) is 0.500. The first kappa shape index (κ1) is 15.8. The molecular weight excluding hydrogens is 278 g/mol. The molecule has 0 aromatic heterocycles. The smallest absolute Gasteiger partial charge is 0.155 e. The van der Waals surface area contributed by atoms with Gasteiger partial charge < -0.3 is 9.84 Å². The minimum Gasteiger partial charge on any atom is -0.497 e. The molecule has 19 heavy (non-hydrogen) atoms. The first-order valence-corrected chi connectivity index (χ1v) is 7.32. The number of methoxy groups -OCH3 is 1. The van der Waals surface area contributed by atoms with E-state index in [9.17, 15) is 22.3 Å². The third kappa shape index (κ3) is 2.87. The second-order valence-corrected chi connectivity index (χ2v) is 7.38. The number of rotatable bonds is 4. The maximum Gasteiger partial charge on any atom is 0.155 e. The van der Waals surface area contributed by atoms with Gasteiger partial charge in [0.25, 0.3) is 0 Å². The molecular formula is C12H16F2O4S. The lowest BCUT2D eigenvalue weighted by molar-refractivity contribution is 0.130. The van der Waals surface area contributed by atoms with Crippen LogP contribution in [0.15, 0.2) is 12.1 Å². The normalized spacial score (nSPS) is 14.3. The van der Waals surface area contributed by atoms with Gasteiger partial charge >= 0.3 is 0 Å². The summed E-state index contributed by atoms with van der Waals surface area (Å²) in [6, 6.07) is 1.78. The summed E-state index contributed by atoms with van der Waals surface area (Å²) in [4.78, 5) is 0. The third-order valence-electron chi connectivity index (χ3n) is 3.18. The minimum atomic E-state index is -3.71. The molecule has 0 saturated heterocycles. The molecule has 0 amide bonds. The number of ether oxygens (including phenoxy) is 1. The molecule has 108 valence electrons. The summed E-state index contributed by atoms with van der Waals surface area (Å²) in [5.74, 6) is -2.16. The topological polar surface area (TPSA) is 63.6 Å². The molecule has 1 aromatic rings. The number of aliphatic hydroxyl groups excluding tert-OH is 1. The van der Waals surface area contributed by atoms with E-state index in [2.05, 4.69) is 4.74 Å². The summed E-state index contributed by atoms with van der Waals surface area (Å²) < 4.78 is 53.7. The number of sulfone groups is 1. The van der Waals surface area contributed by atoms with Crippen LogP contribution in [0.5, 0.6) is 5.75 Å². The number of halogens is 2. The van der Waals surface area contributed by atoms with Crippen LogP contribution in [0.2, 0.25) is 0 Å². The Bertz CT molecular complexity index is 558. The summed E-state index contributed by atoms with van der Waals surface area (Å²) >= 11 is 0.